The summed E-state index contributed by atoms with van der Waals surface area (Å²) in [7, 11) is 0. The first kappa shape index (κ1) is 15.1. The fourth-order valence-electron chi connectivity index (χ4n) is 3.19. The zero-order valence-corrected chi connectivity index (χ0v) is 13.0. The zero-order chi connectivity index (χ0) is 15.4. The SMILES string of the molecule is O=C(N[C@@H]1CC(=O)N(CCCc2ccccc2)C1)C1CCC1. The Balaban J connectivity index is 1.40. The summed E-state index contributed by atoms with van der Waals surface area (Å²) in [6.45, 7) is 1.45. The molecule has 4 heteroatoms. The molecule has 1 saturated carbocycles. The topological polar surface area (TPSA) is 49.4 Å². The average molecular weight is 300 g/mol. The molecule has 0 spiro atoms. The number of hydrogen-bond acceptors (Lipinski definition) is 2. The number of aryl methyl sites for hydroxylation is 1. The van der Waals surface area contributed by atoms with Crippen LogP contribution in [0.5, 0.6) is 0 Å². The zero-order valence-electron chi connectivity index (χ0n) is 13.0. The number of amides is 2. The molecule has 0 unspecified atom stereocenters. The van der Waals surface area contributed by atoms with Crippen LogP contribution >= 0.6 is 0 Å². The molecule has 0 radical (unpaired) electrons. The summed E-state index contributed by atoms with van der Waals surface area (Å²) < 4.78 is 0. The summed E-state index contributed by atoms with van der Waals surface area (Å²) in [5.41, 5.74) is 1.31. The minimum atomic E-state index is 0.0114. The minimum Gasteiger partial charge on any atom is -0.351 e. The molecule has 0 bridgehead atoms. The summed E-state index contributed by atoms with van der Waals surface area (Å²) in [6, 6.07) is 10.4. The first-order chi connectivity index (χ1) is 10.7. The second-order valence-electron chi connectivity index (χ2n) is 6.47. The molecule has 2 amide bonds. The maximum absolute atomic E-state index is 12.0. The normalized spacial score (nSPS) is 21.7. The van der Waals surface area contributed by atoms with E-state index in [0.29, 0.717) is 13.0 Å². The molecule has 4 nitrogen and oxygen atoms in total. The highest BCUT2D eigenvalue weighted by Gasteiger charge is 2.33. The molecule has 118 valence electrons. The van der Waals surface area contributed by atoms with Crippen LogP contribution in [0.1, 0.15) is 37.7 Å². The Bertz CT molecular complexity index is 525. The Labute approximate surface area is 131 Å². The lowest BCUT2D eigenvalue weighted by Gasteiger charge is -2.26. The van der Waals surface area contributed by atoms with E-state index in [0.717, 1.165) is 38.6 Å². The van der Waals surface area contributed by atoms with E-state index in [1.807, 2.05) is 23.1 Å². The Kier molecular flexibility index (Phi) is 4.76. The number of carbonyl (C=O) groups is 2. The highest BCUT2D eigenvalue weighted by atomic mass is 16.2. The number of carbonyl (C=O) groups excluding carboxylic acids is 2. The van der Waals surface area contributed by atoms with Crippen molar-refractivity contribution in [3.63, 3.8) is 0 Å². The van der Waals surface area contributed by atoms with Gasteiger partial charge in [-0.15, -0.1) is 0 Å². The van der Waals surface area contributed by atoms with E-state index < -0.39 is 0 Å². The van der Waals surface area contributed by atoms with Crippen LogP contribution in [-0.2, 0) is 16.0 Å². The van der Waals surface area contributed by atoms with Crippen molar-refractivity contribution in [3.05, 3.63) is 35.9 Å². The third-order valence-electron chi connectivity index (χ3n) is 4.77. The number of nitrogens with zero attached hydrogens (tertiary/aromatic N) is 1. The van der Waals surface area contributed by atoms with Crippen molar-refractivity contribution >= 4 is 11.8 Å². The van der Waals surface area contributed by atoms with Gasteiger partial charge in [0, 0.05) is 25.4 Å². The third kappa shape index (κ3) is 3.67. The van der Waals surface area contributed by atoms with E-state index in [-0.39, 0.29) is 23.8 Å². The first-order valence-electron chi connectivity index (χ1n) is 8.34. The van der Waals surface area contributed by atoms with Crippen molar-refractivity contribution in [1.82, 2.24) is 10.2 Å². The lowest BCUT2D eigenvalue weighted by atomic mass is 9.84. The summed E-state index contributed by atoms with van der Waals surface area (Å²) >= 11 is 0. The molecule has 2 fully saturated rings. The third-order valence-corrected chi connectivity index (χ3v) is 4.77. The lowest BCUT2D eigenvalue weighted by Crippen LogP contribution is -2.42. The largest absolute Gasteiger partial charge is 0.351 e. The van der Waals surface area contributed by atoms with E-state index in [1.165, 1.54) is 5.56 Å². The molecular formula is C18H24N2O2. The predicted octanol–water partition coefficient (Wildman–Crippen LogP) is 2.14. The van der Waals surface area contributed by atoms with Crippen molar-refractivity contribution in [2.24, 2.45) is 5.92 Å². The van der Waals surface area contributed by atoms with Crippen LogP contribution in [0, 0.1) is 5.92 Å². The van der Waals surface area contributed by atoms with E-state index in [2.05, 4.69) is 17.4 Å². The van der Waals surface area contributed by atoms with Gasteiger partial charge in [0.2, 0.25) is 11.8 Å². The molecule has 1 aromatic rings. The Morgan fingerprint density at radius 3 is 2.68 bits per heavy atom. The predicted molar refractivity (Wildman–Crippen MR) is 85.2 cm³/mol. The summed E-state index contributed by atoms with van der Waals surface area (Å²) in [5.74, 6) is 0.518. The summed E-state index contributed by atoms with van der Waals surface area (Å²) in [6.07, 6.45) is 5.60. The first-order valence-corrected chi connectivity index (χ1v) is 8.34. The van der Waals surface area contributed by atoms with E-state index in [1.54, 1.807) is 0 Å². The van der Waals surface area contributed by atoms with Gasteiger partial charge in [-0.3, -0.25) is 9.59 Å². The molecule has 1 aliphatic heterocycles. The molecule has 1 heterocycles. The Hall–Kier alpha value is -1.84. The van der Waals surface area contributed by atoms with Crippen LogP contribution in [-0.4, -0.2) is 35.8 Å². The fourth-order valence-corrected chi connectivity index (χ4v) is 3.19. The van der Waals surface area contributed by atoms with Gasteiger partial charge in [-0.05, 0) is 31.2 Å². The monoisotopic (exact) mass is 300 g/mol. The van der Waals surface area contributed by atoms with Gasteiger partial charge in [0.05, 0.1) is 6.04 Å². The Morgan fingerprint density at radius 2 is 2.00 bits per heavy atom. The summed E-state index contributed by atoms with van der Waals surface area (Å²) in [4.78, 5) is 25.9. The van der Waals surface area contributed by atoms with Gasteiger partial charge in [-0.25, -0.2) is 0 Å². The molecule has 3 rings (SSSR count). The summed E-state index contributed by atoms with van der Waals surface area (Å²) in [5, 5.41) is 3.05. The average Bonchev–Trinajstić information content (AvgIpc) is 2.78. The van der Waals surface area contributed by atoms with Crippen molar-refractivity contribution in [2.75, 3.05) is 13.1 Å². The quantitative estimate of drug-likeness (QED) is 0.875. The number of likely N-dealkylation sites (tertiary alicyclic amines) is 1. The van der Waals surface area contributed by atoms with Gasteiger partial charge in [0.15, 0.2) is 0 Å². The fraction of sp³-hybridized carbons (Fsp3) is 0.556. The highest BCUT2D eigenvalue weighted by Crippen LogP contribution is 2.26. The van der Waals surface area contributed by atoms with Crippen molar-refractivity contribution in [2.45, 2.75) is 44.6 Å². The maximum Gasteiger partial charge on any atom is 0.224 e. The standard InChI is InChI=1S/C18H24N2O2/c21-17-12-16(19-18(22)15-9-4-10-15)13-20(17)11-5-8-14-6-2-1-3-7-14/h1-3,6-7,15-16H,4-5,8-13H2,(H,19,22)/t16-/m1/s1. The van der Waals surface area contributed by atoms with Gasteiger partial charge in [0.25, 0.3) is 0 Å². The van der Waals surface area contributed by atoms with Crippen molar-refractivity contribution < 1.29 is 9.59 Å². The number of rotatable bonds is 6. The van der Waals surface area contributed by atoms with Crippen molar-refractivity contribution in [1.29, 1.82) is 0 Å². The molecule has 1 atom stereocenters. The molecule has 1 aliphatic carbocycles. The molecule has 2 aliphatic rings. The molecular weight excluding hydrogens is 276 g/mol. The highest BCUT2D eigenvalue weighted by molar-refractivity contribution is 5.83. The molecule has 1 N–H and O–H groups in total. The number of hydrogen-bond donors (Lipinski definition) is 1. The molecule has 0 aromatic heterocycles. The second kappa shape index (κ2) is 6.95. The van der Waals surface area contributed by atoms with E-state index in [4.69, 9.17) is 0 Å². The van der Waals surface area contributed by atoms with Gasteiger partial charge >= 0.3 is 0 Å². The number of benzene rings is 1. The van der Waals surface area contributed by atoms with Gasteiger partial charge in [-0.2, -0.15) is 0 Å². The van der Waals surface area contributed by atoms with E-state index in [9.17, 15) is 9.59 Å². The van der Waals surface area contributed by atoms with Crippen LogP contribution in [0.2, 0.25) is 0 Å². The lowest BCUT2D eigenvalue weighted by molar-refractivity contribution is -0.128. The minimum absolute atomic E-state index is 0.0114. The van der Waals surface area contributed by atoms with Gasteiger partial charge in [-0.1, -0.05) is 36.8 Å². The maximum atomic E-state index is 12.0. The van der Waals surface area contributed by atoms with Crippen LogP contribution in [0.3, 0.4) is 0 Å². The van der Waals surface area contributed by atoms with Crippen LogP contribution in [0.25, 0.3) is 0 Å². The van der Waals surface area contributed by atoms with Crippen LogP contribution < -0.4 is 5.32 Å². The molecule has 1 saturated heterocycles. The molecule has 22 heavy (non-hydrogen) atoms. The smallest absolute Gasteiger partial charge is 0.224 e. The van der Waals surface area contributed by atoms with Crippen LogP contribution in [0.15, 0.2) is 30.3 Å². The second-order valence-corrected chi connectivity index (χ2v) is 6.47. The van der Waals surface area contributed by atoms with E-state index >= 15 is 0 Å². The van der Waals surface area contributed by atoms with Gasteiger partial charge in [0.1, 0.15) is 0 Å². The molecule has 1 aromatic carbocycles. The van der Waals surface area contributed by atoms with Crippen molar-refractivity contribution in [3.8, 4) is 0 Å². The van der Waals surface area contributed by atoms with Gasteiger partial charge < -0.3 is 10.2 Å². The number of nitrogens with one attached hydrogen (secondary N) is 1. The van der Waals surface area contributed by atoms with Crippen LogP contribution in [0.4, 0.5) is 0 Å². The Morgan fingerprint density at radius 1 is 1.23 bits per heavy atom.